The minimum atomic E-state index is -0.709. The lowest BCUT2D eigenvalue weighted by atomic mass is 9.74. The summed E-state index contributed by atoms with van der Waals surface area (Å²) in [6.07, 6.45) is 0.929. The van der Waals surface area contributed by atoms with Crippen molar-refractivity contribution in [1.29, 1.82) is 0 Å². The third kappa shape index (κ3) is 2.89. The van der Waals surface area contributed by atoms with E-state index in [-0.39, 0.29) is 17.5 Å². The molecule has 1 heterocycles. The van der Waals surface area contributed by atoms with E-state index in [0.29, 0.717) is 30.2 Å². The number of ether oxygens (including phenoxy) is 1. The molecular weight excluding hydrogens is 254 g/mol. The topological polar surface area (TPSA) is 56.3 Å². The van der Waals surface area contributed by atoms with Crippen LogP contribution in [0.5, 0.6) is 5.75 Å². The van der Waals surface area contributed by atoms with Crippen LogP contribution in [-0.4, -0.2) is 23.7 Å². The molecule has 1 aliphatic carbocycles. The number of rotatable bonds is 3. The maximum Gasteiger partial charge on any atom is 0.149 e. The largest absolute Gasteiger partial charge is 0.497 e. The summed E-state index contributed by atoms with van der Waals surface area (Å²) >= 11 is 0. The Labute approximate surface area is 119 Å². The Morgan fingerprint density at radius 1 is 1.20 bits per heavy atom. The van der Waals surface area contributed by atoms with Crippen LogP contribution in [-0.2, 0) is 9.59 Å². The fourth-order valence-electron chi connectivity index (χ4n) is 2.73. The summed E-state index contributed by atoms with van der Waals surface area (Å²) < 4.78 is 5.19. The number of pyridine rings is 1. The van der Waals surface area contributed by atoms with Gasteiger partial charge in [-0.2, -0.15) is 0 Å². The predicted molar refractivity (Wildman–Crippen MR) is 75.8 cm³/mol. The minimum absolute atomic E-state index is 0.0138. The molecule has 0 aromatic carbocycles. The van der Waals surface area contributed by atoms with Gasteiger partial charge in [0.2, 0.25) is 0 Å². The fraction of sp³-hybridized carbons (Fsp3) is 0.562. The molecule has 2 rings (SSSR count). The molecule has 0 N–H and O–H groups in total. The summed E-state index contributed by atoms with van der Waals surface area (Å²) in [7, 11) is 1.57. The van der Waals surface area contributed by atoms with Crippen molar-refractivity contribution in [2.45, 2.75) is 39.5 Å². The van der Waals surface area contributed by atoms with Crippen LogP contribution in [0.4, 0.5) is 0 Å². The lowest BCUT2D eigenvalue weighted by Crippen LogP contribution is -2.34. The molecule has 20 heavy (non-hydrogen) atoms. The van der Waals surface area contributed by atoms with Gasteiger partial charge in [-0.3, -0.25) is 14.6 Å². The van der Waals surface area contributed by atoms with E-state index in [9.17, 15) is 9.59 Å². The molecule has 0 saturated heterocycles. The monoisotopic (exact) mass is 275 g/mol. The van der Waals surface area contributed by atoms with E-state index in [0.717, 1.165) is 5.69 Å². The molecule has 0 atom stereocenters. The zero-order valence-corrected chi connectivity index (χ0v) is 12.5. The second-order valence-corrected chi connectivity index (χ2v) is 5.85. The van der Waals surface area contributed by atoms with E-state index in [4.69, 9.17) is 4.74 Å². The third-order valence-corrected chi connectivity index (χ3v) is 3.99. The first kappa shape index (κ1) is 14.7. The SMILES string of the molecule is COc1cc(C)nc(C2C(=O)CC(C(C)C)CC2=O)c1. The van der Waals surface area contributed by atoms with Crippen molar-refractivity contribution < 1.29 is 14.3 Å². The number of methoxy groups -OCH3 is 1. The number of aromatic nitrogens is 1. The summed E-state index contributed by atoms with van der Waals surface area (Å²) in [5, 5.41) is 0. The van der Waals surface area contributed by atoms with Gasteiger partial charge < -0.3 is 4.74 Å². The highest BCUT2D eigenvalue weighted by Gasteiger charge is 2.38. The number of hydrogen-bond acceptors (Lipinski definition) is 4. The molecule has 0 unspecified atom stereocenters. The number of hydrogen-bond donors (Lipinski definition) is 0. The Bertz CT molecular complexity index is 519. The number of carbonyl (C=O) groups is 2. The van der Waals surface area contributed by atoms with Gasteiger partial charge in [0.25, 0.3) is 0 Å². The number of nitrogens with zero attached hydrogens (tertiary/aromatic N) is 1. The molecule has 0 amide bonds. The molecule has 4 heteroatoms. The molecule has 1 aromatic heterocycles. The average Bonchev–Trinajstić information content (AvgIpc) is 2.37. The quantitative estimate of drug-likeness (QED) is 0.796. The van der Waals surface area contributed by atoms with Crippen LogP contribution >= 0.6 is 0 Å². The zero-order valence-electron chi connectivity index (χ0n) is 12.5. The molecule has 0 bridgehead atoms. The highest BCUT2D eigenvalue weighted by Crippen LogP contribution is 2.34. The van der Waals surface area contributed by atoms with Gasteiger partial charge in [0.1, 0.15) is 23.2 Å². The van der Waals surface area contributed by atoms with Gasteiger partial charge in [-0.25, -0.2) is 0 Å². The molecule has 4 nitrogen and oxygen atoms in total. The second-order valence-electron chi connectivity index (χ2n) is 5.85. The number of aryl methyl sites for hydroxylation is 1. The minimum Gasteiger partial charge on any atom is -0.497 e. The lowest BCUT2D eigenvalue weighted by Gasteiger charge is -2.28. The summed E-state index contributed by atoms with van der Waals surface area (Å²) in [6.45, 7) is 5.94. The molecular formula is C16H21NO3. The van der Waals surface area contributed by atoms with Crippen LogP contribution < -0.4 is 4.74 Å². The van der Waals surface area contributed by atoms with Crippen LogP contribution in [0.3, 0.4) is 0 Å². The average molecular weight is 275 g/mol. The van der Waals surface area contributed by atoms with Gasteiger partial charge in [-0.1, -0.05) is 13.8 Å². The molecule has 1 aromatic rings. The molecule has 1 aliphatic rings. The number of Topliss-reactive ketones (excluding diaryl/α,β-unsaturated/α-hetero) is 2. The van der Waals surface area contributed by atoms with Gasteiger partial charge in [-0.05, 0) is 18.8 Å². The second kappa shape index (κ2) is 5.73. The van der Waals surface area contributed by atoms with E-state index in [1.807, 2.05) is 6.92 Å². The molecule has 0 aliphatic heterocycles. The Balaban J connectivity index is 2.31. The van der Waals surface area contributed by atoms with Gasteiger partial charge in [-0.15, -0.1) is 0 Å². The van der Waals surface area contributed by atoms with Gasteiger partial charge in [0.15, 0.2) is 0 Å². The van der Waals surface area contributed by atoms with Crippen molar-refractivity contribution in [3.63, 3.8) is 0 Å². The van der Waals surface area contributed by atoms with Crippen LogP contribution in [0.25, 0.3) is 0 Å². The highest BCUT2D eigenvalue weighted by atomic mass is 16.5. The van der Waals surface area contributed by atoms with E-state index in [2.05, 4.69) is 18.8 Å². The van der Waals surface area contributed by atoms with Gasteiger partial charge in [0.05, 0.1) is 12.8 Å². The first-order chi connectivity index (χ1) is 9.42. The summed E-state index contributed by atoms with van der Waals surface area (Å²) in [5.41, 5.74) is 1.28. The number of ketones is 2. The third-order valence-electron chi connectivity index (χ3n) is 3.99. The molecule has 1 saturated carbocycles. The van der Waals surface area contributed by atoms with Crippen molar-refractivity contribution in [1.82, 2.24) is 4.98 Å². The molecule has 0 spiro atoms. The van der Waals surface area contributed by atoms with Crippen molar-refractivity contribution in [3.8, 4) is 5.75 Å². The van der Waals surface area contributed by atoms with Crippen LogP contribution in [0, 0.1) is 18.8 Å². The molecule has 108 valence electrons. The maximum absolute atomic E-state index is 12.3. The van der Waals surface area contributed by atoms with Crippen molar-refractivity contribution in [2.75, 3.05) is 7.11 Å². The van der Waals surface area contributed by atoms with Crippen LogP contribution in [0.2, 0.25) is 0 Å². The zero-order chi connectivity index (χ0) is 14.9. The van der Waals surface area contributed by atoms with Crippen molar-refractivity contribution in [3.05, 3.63) is 23.5 Å². The maximum atomic E-state index is 12.3. The van der Waals surface area contributed by atoms with E-state index in [1.165, 1.54) is 0 Å². The first-order valence-corrected chi connectivity index (χ1v) is 7.00. The summed E-state index contributed by atoms with van der Waals surface area (Å²) in [6, 6.07) is 3.49. The first-order valence-electron chi connectivity index (χ1n) is 7.00. The van der Waals surface area contributed by atoms with Crippen LogP contribution in [0.1, 0.15) is 44.0 Å². The van der Waals surface area contributed by atoms with E-state index >= 15 is 0 Å². The Hall–Kier alpha value is -1.71. The summed E-state index contributed by atoms with van der Waals surface area (Å²) in [5.74, 6) is 0.417. The Morgan fingerprint density at radius 3 is 2.30 bits per heavy atom. The number of carbonyl (C=O) groups excluding carboxylic acids is 2. The van der Waals surface area contributed by atoms with Gasteiger partial charge >= 0.3 is 0 Å². The molecule has 1 fully saturated rings. The van der Waals surface area contributed by atoms with Crippen molar-refractivity contribution in [2.24, 2.45) is 11.8 Å². The van der Waals surface area contributed by atoms with Crippen LogP contribution in [0.15, 0.2) is 12.1 Å². The fourth-order valence-corrected chi connectivity index (χ4v) is 2.73. The Morgan fingerprint density at radius 2 is 1.80 bits per heavy atom. The highest BCUT2D eigenvalue weighted by molar-refractivity contribution is 6.09. The summed E-state index contributed by atoms with van der Waals surface area (Å²) in [4.78, 5) is 29.0. The smallest absolute Gasteiger partial charge is 0.149 e. The normalized spacial score (nSPS) is 23.2. The van der Waals surface area contributed by atoms with Gasteiger partial charge in [0, 0.05) is 30.7 Å². The Kier molecular flexibility index (Phi) is 4.21. The van der Waals surface area contributed by atoms with E-state index < -0.39 is 5.92 Å². The lowest BCUT2D eigenvalue weighted by molar-refractivity contribution is -0.134. The van der Waals surface area contributed by atoms with E-state index in [1.54, 1.807) is 19.2 Å². The predicted octanol–water partition coefficient (Wildman–Crippen LogP) is 2.69. The van der Waals surface area contributed by atoms with Crippen molar-refractivity contribution >= 4 is 11.6 Å². The standard InChI is InChI=1S/C16H21NO3/c1-9(2)11-6-14(18)16(15(19)7-11)13-8-12(20-4)5-10(3)17-13/h5,8-9,11,16H,6-7H2,1-4H3. The molecule has 0 radical (unpaired) electrons.